The number of amidine groups is 1. The number of rotatable bonds is 9. The summed E-state index contributed by atoms with van der Waals surface area (Å²) in [4.78, 5) is 31.3. The predicted octanol–water partition coefficient (Wildman–Crippen LogP) is 2.47. The minimum atomic E-state index is -2.04. The molecule has 0 fully saturated rings. The molecule has 7 N–H and O–H groups in total. The number of benzene rings is 2. The van der Waals surface area contributed by atoms with E-state index in [4.69, 9.17) is 20.6 Å². The van der Waals surface area contributed by atoms with Crippen molar-refractivity contribution in [1.29, 1.82) is 5.41 Å². The number of methoxy groups -OCH3 is 2. The fourth-order valence-electron chi connectivity index (χ4n) is 4.53. The van der Waals surface area contributed by atoms with Crippen LogP contribution in [0.2, 0.25) is 0 Å². The summed E-state index contributed by atoms with van der Waals surface area (Å²) in [5.41, 5.74) is 7.82. The van der Waals surface area contributed by atoms with Crippen molar-refractivity contribution in [1.82, 2.24) is 9.97 Å². The van der Waals surface area contributed by atoms with Gasteiger partial charge in [0.15, 0.2) is 0 Å². The highest BCUT2D eigenvalue weighted by Gasteiger charge is 2.47. The smallest absolute Gasteiger partial charge is 0.311 e. The Kier molecular flexibility index (Phi) is 6.84. The van der Waals surface area contributed by atoms with Crippen LogP contribution in [0.4, 0.5) is 0 Å². The summed E-state index contributed by atoms with van der Waals surface area (Å²) in [5, 5.41) is 38.9. The Bertz CT molecular complexity index is 1460. The number of aromatic amines is 1. The molecule has 3 atom stereocenters. The second-order valence-electron chi connectivity index (χ2n) is 8.56. The number of hydrogen-bond donors (Lipinski definition) is 6. The largest absolute Gasteiger partial charge is 0.496 e. The van der Waals surface area contributed by atoms with E-state index in [1.165, 1.54) is 26.4 Å². The molecule has 3 unspecified atom stereocenters. The maximum Gasteiger partial charge on any atom is 0.311 e. The van der Waals surface area contributed by atoms with Gasteiger partial charge in [0.25, 0.3) is 0 Å². The molecule has 1 aromatic heterocycles. The highest BCUT2D eigenvalue weighted by atomic mass is 16.6. The molecule has 1 aliphatic carbocycles. The van der Waals surface area contributed by atoms with Gasteiger partial charge in [-0.05, 0) is 35.9 Å². The lowest BCUT2D eigenvalue weighted by Gasteiger charge is -2.39. The molecule has 0 saturated heterocycles. The van der Waals surface area contributed by atoms with Gasteiger partial charge >= 0.3 is 11.9 Å². The summed E-state index contributed by atoms with van der Waals surface area (Å²) in [6, 6.07) is 11.8. The number of imidazole rings is 1. The van der Waals surface area contributed by atoms with Gasteiger partial charge in [-0.25, -0.2) is 4.98 Å². The molecular weight excluding hydrogens is 480 g/mol. The average Bonchev–Trinajstić information content (AvgIpc) is 3.30. The van der Waals surface area contributed by atoms with E-state index in [1.807, 2.05) is 0 Å². The van der Waals surface area contributed by atoms with Crippen LogP contribution in [0, 0.1) is 11.3 Å². The molecule has 37 heavy (non-hydrogen) atoms. The number of aromatic nitrogens is 2. The summed E-state index contributed by atoms with van der Waals surface area (Å²) in [5.74, 6) is -6.60. The Hall–Kier alpha value is -4.48. The number of fused-ring (bicyclic) bond motifs is 1. The van der Waals surface area contributed by atoms with Gasteiger partial charge in [-0.3, -0.25) is 15.0 Å². The van der Waals surface area contributed by atoms with E-state index in [9.17, 15) is 24.9 Å². The Balaban J connectivity index is 1.97. The first-order chi connectivity index (χ1) is 17.6. The van der Waals surface area contributed by atoms with Gasteiger partial charge in [-0.2, -0.15) is 0 Å². The number of nitrogen functional groups attached to an aromatic ring is 1. The van der Waals surface area contributed by atoms with E-state index in [1.54, 1.807) is 42.5 Å². The number of nitrogens with zero attached hydrogens (tertiary/aromatic N) is 1. The number of nitrogens with two attached hydrogens (primary N) is 1. The molecule has 1 aliphatic rings. The number of H-pyrrole nitrogens is 1. The van der Waals surface area contributed by atoms with E-state index >= 15 is 0 Å². The van der Waals surface area contributed by atoms with Gasteiger partial charge in [-0.1, -0.05) is 24.3 Å². The van der Waals surface area contributed by atoms with Crippen molar-refractivity contribution in [3.63, 3.8) is 0 Å². The number of aliphatic carboxylic acids is 2. The third-order valence-electron chi connectivity index (χ3n) is 6.39. The fourth-order valence-corrected chi connectivity index (χ4v) is 4.53. The first-order valence-corrected chi connectivity index (χ1v) is 11.2. The van der Waals surface area contributed by atoms with Gasteiger partial charge in [0.2, 0.25) is 5.79 Å². The Labute approximate surface area is 211 Å². The standard InChI is InChI=1S/C26H26N4O7/c1-36-21-6-4-3-5-15(21)17-9-14(16(25(33)34)12-22(31)32)10-18(26(17,35)37-2)24-29-19-8-7-13(23(27)28)11-20(19)30-24/h3-11,16-17,35H,12H2,1-2H3,(H3,27,28)(H,29,30)(H,31,32)(H,33,34). The topological polar surface area (TPSA) is 192 Å². The van der Waals surface area contributed by atoms with Crippen molar-refractivity contribution in [3.8, 4) is 5.75 Å². The molecule has 192 valence electrons. The second kappa shape index (κ2) is 9.88. The van der Waals surface area contributed by atoms with E-state index in [0.29, 0.717) is 27.9 Å². The van der Waals surface area contributed by atoms with Crippen molar-refractivity contribution >= 4 is 34.4 Å². The van der Waals surface area contributed by atoms with Crippen LogP contribution in [0.1, 0.15) is 29.3 Å². The number of ether oxygens (including phenoxy) is 2. The fraction of sp³-hybridized carbons (Fsp3) is 0.231. The first-order valence-electron chi connectivity index (χ1n) is 11.2. The van der Waals surface area contributed by atoms with Crippen LogP contribution >= 0.6 is 0 Å². The lowest BCUT2D eigenvalue weighted by Crippen LogP contribution is -2.42. The van der Waals surface area contributed by atoms with Gasteiger partial charge in [0.05, 0.1) is 42.0 Å². The molecule has 0 aliphatic heterocycles. The maximum atomic E-state index is 12.1. The first kappa shape index (κ1) is 25.6. The van der Waals surface area contributed by atoms with Gasteiger partial charge < -0.3 is 35.5 Å². The molecule has 0 spiro atoms. The zero-order chi connectivity index (χ0) is 26.9. The predicted molar refractivity (Wildman–Crippen MR) is 134 cm³/mol. The third kappa shape index (κ3) is 4.69. The number of aliphatic hydroxyl groups is 1. The monoisotopic (exact) mass is 506 g/mol. The lowest BCUT2D eigenvalue weighted by atomic mass is 9.76. The van der Waals surface area contributed by atoms with Gasteiger partial charge in [-0.15, -0.1) is 0 Å². The lowest BCUT2D eigenvalue weighted by molar-refractivity contribution is -0.149. The molecule has 0 radical (unpaired) electrons. The minimum Gasteiger partial charge on any atom is -0.496 e. The van der Waals surface area contributed by atoms with E-state index in [0.717, 1.165) is 0 Å². The Morgan fingerprint density at radius 2 is 1.95 bits per heavy atom. The van der Waals surface area contributed by atoms with E-state index in [-0.39, 0.29) is 22.8 Å². The normalized spacial score (nSPS) is 20.1. The highest BCUT2D eigenvalue weighted by Crippen LogP contribution is 2.48. The quantitative estimate of drug-likeness (QED) is 0.144. The number of carboxylic acid groups (broad SMARTS) is 2. The number of para-hydroxylation sites is 1. The summed E-state index contributed by atoms with van der Waals surface area (Å²) >= 11 is 0. The number of carboxylic acids is 2. The van der Waals surface area contributed by atoms with Crippen LogP contribution in [0.15, 0.2) is 60.2 Å². The van der Waals surface area contributed by atoms with Crippen molar-refractivity contribution in [2.24, 2.45) is 11.7 Å². The molecule has 3 aromatic rings. The molecular formula is C26H26N4O7. The molecule has 11 heteroatoms. The number of allylic oxidation sites excluding steroid dienone is 1. The van der Waals surface area contributed by atoms with Crippen molar-refractivity contribution < 1.29 is 34.4 Å². The summed E-state index contributed by atoms with van der Waals surface area (Å²) in [7, 11) is 2.77. The minimum absolute atomic E-state index is 0.0978. The summed E-state index contributed by atoms with van der Waals surface area (Å²) in [6.07, 6.45) is 2.21. The zero-order valence-electron chi connectivity index (χ0n) is 20.1. The molecule has 2 aromatic carbocycles. The maximum absolute atomic E-state index is 12.1. The molecule has 0 bridgehead atoms. The molecule has 0 amide bonds. The van der Waals surface area contributed by atoms with Gasteiger partial charge in [0, 0.05) is 18.2 Å². The Morgan fingerprint density at radius 1 is 1.22 bits per heavy atom. The third-order valence-corrected chi connectivity index (χ3v) is 6.39. The summed E-state index contributed by atoms with van der Waals surface area (Å²) < 4.78 is 11.1. The van der Waals surface area contributed by atoms with Gasteiger partial charge in [0.1, 0.15) is 17.4 Å². The van der Waals surface area contributed by atoms with Crippen LogP contribution in [0.5, 0.6) is 5.75 Å². The van der Waals surface area contributed by atoms with Crippen LogP contribution in [-0.4, -0.2) is 63.1 Å². The second-order valence-corrected chi connectivity index (χ2v) is 8.56. The average molecular weight is 507 g/mol. The van der Waals surface area contributed by atoms with Crippen molar-refractivity contribution in [3.05, 3.63) is 77.1 Å². The number of carbonyl (C=O) groups is 2. The summed E-state index contributed by atoms with van der Waals surface area (Å²) in [6.45, 7) is 0. The molecule has 0 saturated carbocycles. The van der Waals surface area contributed by atoms with E-state index < -0.39 is 36.0 Å². The highest BCUT2D eigenvalue weighted by molar-refractivity contribution is 5.98. The molecule has 11 nitrogen and oxygen atoms in total. The van der Waals surface area contributed by atoms with Crippen molar-refractivity contribution in [2.75, 3.05) is 14.2 Å². The van der Waals surface area contributed by atoms with Crippen LogP contribution in [0.3, 0.4) is 0 Å². The van der Waals surface area contributed by atoms with Crippen LogP contribution in [0.25, 0.3) is 16.6 Å². The SMILES string of the molecule is COc1ccccc1C1C=C(C(CC(=O)O)C(=O)O)C=C(c2nc3cc(C(=N)N)ccc3[nH]2)C1(O)OC. The molecule has 1 heterocycles. The Morgan fingerprint density at radius 3 is 2.57 bits per heavy atom. The molecule has 4 rings (SSSR count). The number of hydrogen-bond acceptors (Lipinski definition) is 7. The van der Waals surface area contributed by atoms with E-state index in [2.05, 4.69) is 9.97 Å². The van der Waals surface area contributed by atoms with Crippen LogP contribution in [-0.2, 0) is 14.3 Å². The van der Waals surface area contributed by atoms with Crippen molar-refractivity contribution in [2.45, 2.75) is 18.1 Å². The zero-order valence-corrected chi connectivity index (χ0v) is 20.1. The number of nitrogens with one attached hydrogen (secondary N) is 2. The van der Waals surface area contributed by atoms with Crippen LogP contribution < -0.4 is 10.5 Å².